The number of hydrogen-bond acceptors (Lipinski definition) is 7. The molecule has 0 saturated carbocycles. The van der Waals surface area contributed by atoms with Crippen molar-refractivity contribution in [1.82, 2.24) is 4.90 Å². The lowest BCUT2D eigenvalue weighted by Crippen LogP contribution is -2.62. The van der Waals surface area contributed by atoms with Crippen LogP contribution in [-0.4, -0.2) is 59.2 Å². The fraction of sp³-hybridized carbons (Fsp3) is 0.625. The topological polar surface area (TPSA) is 102 Å². The lowest BCUT2D eigenvalue weighted by molar-refractivity contribution is 0.0138. The number of alkyl halides is 1. The van der Waals surface area contributed by atoms with E-state index in [2.05, 4.69) is 20.9 Å². The first kappa shape index (κ1) is 28.5. The maximum Gasteiger partial charge on any atom is 0.425 e. The minimum absolute atomic E-state index is 0.0574. The minimum atomic E-state index is -4.28. The van der Waals surface area contributed by atoms with Crippen LogP contribution in [0, 0.1) is 5.82 Å². The van der Waals surface area contributed by atoms with Crippen molar-refractivity contribution in [2.75, 3.05) is 6.67 Å². The second kappa shape index (κ2) is 9.04. The van der Waals surface area contributed by atoms with Crippen molar-refractivity contribution in [3.8, 4) is 0 Å². The summed E-state index contributed by atoms with van der Waals surface area (Å²) in [6.45, 7) is 9.31. The number of imide groups is 1. The number of carbonyl (C=O) groups excluding carboxylic acids is 2. The molecule has 0 aromatic heterocycles. The first-order valence-electron chi connectivity index (χ1n) is 11.4. The van der Waals surface area contributed by atoms with Gasteiger partial charge in [-0.25, -0.2) is 26.8 Å². The number of benzene rings is 1. The van der Waals surface area contributed by atoms with Gasteiger partial charge in [0.25, 0.3) is 0 Å². The van der Waals surface area contributed by atoms with E-state index in [1.54, 1.807) is 41.5 Å². The Morgan fingerprint density at radius 3 is 2.14 bits per heavy atom. The zero-order valence-electron chi connectivity index (χ0n) is 21.3. The number of amides is 2. The van der Waals surface area contributed by atoms with E-state index in [1.165, 1.54) is 19.1 Å². The van der Waals surface area contributed by atoms with Gasteiger partial charge in [-0.3, -0.25) is 4.99 Å². The Morgan fingerprint density at radius 1 is 1.14 bits per heavy atom. The summed E-state index contributed by atoms with van der Waals surface area (Å²) < 4.78 is 67.2. The molecular weight excluding hydrogens is 562 g/mol. The Kier molecular flexibility index (Phi) is 7.15. The van der Waals surface area contributed by atoms with E-state index in [1.807, 2.05) is 0 Å². The van der Waals surface area contributed by atoms with Crippen LogP contribution in [0.4, 0.5) is 18.4 Å². The monoisotopic (exact) mass is 592 g/mol. The third kappa shape index (κ3) is 4.78. The number of fused-ring (bicyclic) bond motifs is 2. The predicted molar refractivity (Wildman–Crippen MR) is 134 cm³/mol. The summed E-state index contributed by atoms with van der Waals surface area (Å²) in [6, 6.07) is 3.72. The molecule has 1 saturated heterocycles. The van der Waals surface area contributed by atoms with Crippen molar-refractivity contribution < 1.29 is 36.3 Å². The second-order valence-electron chi connectivity index (χ2n) is 11.2. The Bertz CT molecular complexity index is 1200. The van der Waals surface area contributed by atoms with Crippen LogP contribution >= 0.6 is 15.9 Å². The first-order valence-corrected chi connectivity index (χ1v) is 13.7. The molecule has 8 nitrogen and oxygen atoms in total. The van der Waals surface area contributed by atoms with Crippen molar-refractivity contribution >= 4 is 43.8 Å². The van der Waals surface area contributed by atoms with Crippen LogP contribution in [0.15, 0.2) is 27.7 Å². The number of ether oxygens (including phenoxy) is 2. The van der Waals surface area contributed by atoms with Gasteiger partial charge in [-0.2, -0.15) is 4.90 Å². The quantitative estimate of drug-likeness (QED) is 0.438. The smallest absolute Gasteiger partial charge is 0.425 e. The molecule has 12 heteroatoms. The van der Waals surface area contributed by atoms with Crippen molar-refractivity contribution in [3.63, 3.8) is 0 Å². The standard InChI is InChI=1S/C24H31BrF2N2O6S/c1-21(2,3)34-19(30)29(20(31)35-22(4,5)6)18-23(7)11-10-17(36(23,32)33)24(13-26,28-18)15-12-14(25)8-9-16(15)27/h8-9,12,17H,10-11,13H2,1-7H3. The molecule has 0 aliphatic carbocycles. The van der Waals surface area contributed by atoms with Crippen molar-refractivity contribution in [2.45, 2.75) is 88.0 Å². The van der Waals surface area contributed by atoms with Gasteiger partial charge in [-0.05, 0) is 79.5 Å². The molecular formula is C24H31BrF2N2O6S. The molecule has 0 spiro atoms. The number of sulfone groups is 1. The molecule has 2 aliphatic heterocycles. The van der Waals surface area contributed by atoms with Crippen molar-refractivity contribution in [3.05, 3.63) is 34.1 Å². The molecule has 0 radical (unpaired) electrons. The third-order valence-electron chi connectivity index (χ3n) is 6.16. The summed E-state index contributed by atoms with van der Waals surface area (Å²) in [5.74, 6) is -1.43. The van der Waals surface area contributed by atoms with E-state index in [9.17, 15) is 18.0 Å². The summed E-state index contributed by atoms with van der Waals surface area (Å²) >= 11 is 3.22. The lowest BCUT2D eigenvalue weighted by atomic mass is 9.86. The maximum absolute atomic E-state index is 15.1. The molecule has 2 amide bonds. The van der Waals surface area contributed by atoms with Crippen LogP contribution in [0.1, 0.15) is 66.9 Å². The molecule has 1 fully saturated rings. The molecule has 3 unspecified atom stereocenters. The van der Waals surface area contributed by atoms with Gasteiger partial charge in [0.05, 0.1) is 5.25 Å². The van der Waals surface area contributed by atoms with Gasteiger partial charge in [0, 0.05) is 10.0 Å². The summed E-state index contributed by atoms with van der Waals surface area (Å²) in [7, 11) is -4.28. The highest BCUT2D eigenvalue weighted by Crippen LogP contribution is 2.53. The van der Waals surface area contributed by atoms with Crippen LogP contribution in [-0.2, 0) is 24.8 Å². The molecule has 1 aromatic rings. The molecule has 0 N–H and O–H groups in total. The van der Waals surface area contributed by atoms with Crippen LogP contribution in [0.2, 0.25) is 0 Å². The van der Waals surface area contributed by atoms with E-state index in [0.29, 0.717) is 9.37 Å². The van der Waals surface area contributed by atoms with Crippen LogP contribution < -0.4 is 0 Å². The van der Waals surface area contributed by atoms with Gasteiger partial charge in [0.1, 0.15) is 39.8 Å². The maximum atomic E-state index is 15.1. The second-order valence-corrected chi connectivity index (χ2v) is 14.7. The average molecular weight is 593 g/mol. The zero-order valence-corrected chi connectivity index (χ0v) is 23.7. The number of halogens is 3. The van der Waals surface area contributed by atoms with E-state index < -0.39 is 67.1 Å². The number of rotatable bonds is 2. The number of nitrogens with zero attached hydrogens (tertiary/aromatic N) is 2. The lowest BCUT2D eigenvalue weighted by Gasteiger charge is -2.43. The molecule has 3 atom stereocenters. The highest BCUT2D eigenvalue weighted by Gasteiger charge is 2.67. The molecule has 36 heavy (non-hydrogen) atoms. The molecule has 3 rings (SSSR count). The Balaban J connectivity index is 2.36. The molecule has 2 heterocycles. The minimum Gasteiger partial charge on any atom is -0.443 e. The third-order valence-corrected chi connectivity index (χ3v) is 9.67. The summed E-state index contributed by atoms with van der Waals surface area (Å²) in [5.41, 5.74) is -4.68. The van der Waals surface area contributed by atoms with Gasteiger partial charge in [-0.15, -0.1) is 0 Å². The van der Waals surface area contributed by atoms with E-state index in [0.717, 1.165) is 6.07 Å². The number of aliphatic imine (C=N–C) groups is 1. The number of carbonyl (C=O) groups is 2. The Morgan fingerprint density at radius 2 is 1.67 bits per heavy atom. The highest BCUT2D eigenvalue weighted by atomic mass is 79.9. The predicted octanol–water partition coefficient (Wildman–Crippen LogP) is 5.67. The fourth-order valence-corrected chi connectivity index (χ4v) is 7.50. The Labute approximate surface area is 218 Å². The molecule has 1 aromatic carbocycles. The Hall–Kier alpha value is -2.08. The summed E-state index contributed by atoms with van der Waals surface area (Å²) in [4.78, 5) is 31.5. The molecule has 200 valence electrons. The van der Waals surface area contributed by atoms with E-state index >= 15 is 8.78 Å². The van der Waals surface area contributed by atoms with Crippen LogP contribution in [0.3, 0.4) is 0 Å². The summed E-state index contributed by atoms with van der Waals surface area (Å²) in [5, 5.41) is -1.41. The summed E-state index contributed by atoms with van der Waals surface area (Å²) in [6.07, 6.45) is -2.60. The largest absolute Gasteiger partial charge is 0.443 e. The molecule has 2 aliphatic rings. The normalized spacial score (nSPS) is 27.3. The average Bonchev–Trinajstić information content (AvgIpc) is 2.85. The number of hydrogen-bond donors (Lipinski definition) is 0. The van der Waals surface area contributed by atoms with Gasteiger partial charge in [0.15, 0.2) is 9.84 Å². The van der Waals surface area contributed by atoms with Crippen LogP contribution in [0.25, 0.3) is 0 Å². The first-order chi connectivity index (χ1) is 16.3. The van der Waals surface area contributed by atoms with Crippen LogP contribution in [0.5, 0.6) is 0 Å². The fourth-order valence-electron chi connectivity index (χ4n) is 4.53. The zero-order chi connectivity index (χ0) is 27.5. The van der Waals surface area contributed by atoms with Gasteiger partial charge in [0.2, 0.25) is 0 Å². The van der Waals surface area contributed by atoms with Crippen molar-refractivity contribution in [1.29, 1.82) is 0 Å². The van der Waals surface area contributed by atoms with E-state index in [-0.39, 0.29) is 18.4 Å². The van der Waals surface area contributed by atoms with Gasteiger partial charge >= 0.3 is 12.2 Å². The number of amidine groups is 1. The SMILES string of the molecule is CC(C)(C)OC(=O)N(C(=O)OC(C)(C)C)C1=NC(CF)(c2cc(Br)ccc2F)C2CCC1(C)S2(=O)=O. The highest BCUT2D eigenvalue weighted by molar-refractivity contribution is 9.10. The van der Waals surface area contributed by atoms with Crippen molar-refractivity contribution in [2.24, 2.45) is 4.99 Å². The van der Waals surface area contributed by atoms with Gasteiger partial charge < -0.3 is 9.47 Å². The van der Waals surface area contributed by atoms with E-state index in [4.69, 9.17) is 9.47 Å². The molecule has 2 bridgehead atoms. The van der Waals surface area contributed by atoms with Gasteiger partial charge in [-0.1, -0.05) is 15.9 Å².